The molecule has 5 rings (SSSR count). The summed E-state index contributed by atoms with van der Waals surface area (Å²) in [6.45, 7) is 4.87. The van der Waals surface area contributed by atoms with Crippen molar-refractivity contribution in [3.05, 3.63) is 65.5 Å². The van der Waals surface area contributed by atoms with Gasteiger partial charge in [-0.2, -0.15) is 0 Å². The number of carbonyl (C=O) groups excluding carboxylic acids is 1. The number of aromatic nitrogens is 3. The number of para-hydroxylation sites is 1. The van der Waals surface area contributed by atoms with Gasteiger partial charge in [-0.05, 0) is 63.1 Å². The third-order valence-corrected chi connectivity index (χ3v) is 5.73. The Balaban J connectivity index is 1.48. The molecule has 6 heteroatoms. The summed E-state index contributed by atoms with van der Waals surface area (Å²) in [6.07, 6.45) is 1.93. The summed E-state index contributed by atoms with van der Waals surface area (Å²) in [4.78, 5) is 24.4. The summed E-state index contributed by atoms with van der Waals surface area (Å²) in [7, 11) is 0. The second-order valence-corrected chi connectivity index (χ2v) is 7.82. The maximum atomic E-state index is 12.9. The van der Waals surface area contributed by atoms with Crippen LogP contribution in [0.25, 0.3) is 22.4 Å². The molecule has 0 amide bonds. The maximum Gasteiger partial charge on any atom is 0.196 e. The van der Waals surface area contributed by atoms with Crippen LogP contribution in [-0.4, -0.2) is 33.3 Å². The van der Waals surface area contributed by atoms with E-state index in [0.717, 1.165) is 64.6 Å². The van der Waals surface area contributed by atoms with E-state index < -0.39 is 0 Å². The molecule has 0 radical (unpaired) electrons. The van der Waals surface area contributed by atoms with Crippen LogP contribution in [0, 0.1) is 13.8 Å². The van der Waals surface area contributed by atoms with Crippen LogP contribution in [0.1, 0.15) is 34.6 Å². The number of aromatic amines is 2. The van der Waals surface area contributed by atoms with Gasteiger partial charge in [-0.25, -0.2) is 4.98 Å². The summed E-state index contributed by atoms with van der Waals surface area (Å²) < 4.78 is 5.94. The number of carbonyl (C=O) groups is 1. The minimum Gasteiger partial charge on any atom is -0.457 e. The molecule has 1 saturated heterocycles. The molecule has 2 aromatic heterocycles. The highest BCUT2D eigenvalue weighted by molar-refractivity contribution is 6.02. The van der Waals surface area contributed by atoms with Crippen LogP contribution in [0.2, 0.25) is 0 Å². The van der Waals surface area contributed by atoms with Gasteiger partial charge in [0.15, 0.2) is 5.78 Å². The van der Waals surface area contributed by atoms with E-state index >= 15 is 0 Å². The molecule has 2 aromatic carbocycles. The van der Waals surface area contributed by atoms with Crippen molar-refractivity contribution in [3.63, 3.8) is 0 Å². The third-order valence-electron chi connectivity index (χ3n) is 5.73. The molecule has 4 aromatic rings. The molecule has 3 N–H and O–H groups in total. The number of imidazole rings is 1. The number of nitrogens with one attached hydrogen (secondary N) is 3. The highest BCUT2D eigenvalue weighted by Crippen LogP contribution is 2.32. The van der Waals surface area contributed by atoms with Crippen LogP contribution in [0.3, 0.4) is 0 Å². The first kappa shape index (κ1) is 18.6. The molecule has 152 valence electrons. The first-order valence-electron chi connectivity index (χ1n) is 10.3. The van der Waals surface area contributed by atoms with Gasteiger partial charge in [0.1, 0.15) is 17.3 Å². The molecular weight excluding hydrogens is 376 g/mol. The summed E-state index contributed by atoms with van der Waals surface area (Å²) in [5, 5.41) is 3.29. The molecule has 0 aliphatic carbocycles. The number of aryl methyl sites for hydroxylation is 1. The van der Waals surface area contributed by atoms with E-state index in [9.17, 15) is 4.79 Å². The Hall–Kier alpha value is -3.38. The van der Waals surface area contributed by atoms with Crippen LogP contribution in [0.5, 0.6) is 11.5 Å². The second-order valence-electron chi connectivity index (χ2n) is 7.82. The van der Waals surface area contributed by atoms with Crippen LogP contribution in [0.4, 0.5) is 0 Å². The minimum absolute atomic E-state index is 0.0945. The monoisotopic (exact) mass is 400 g/mol. The predicted molar refractivity (Wildman–Crippen MR) is 117 cm³/mol. The van der Waals surface area contributed by atoms with Crippen molar-refractivity contribution in [2.45, 2.75) is 32.7 Å². The zero-order valence-electron chi connectivity index (χ0n) is 17.1. The van der Waals surface area contributed by atoms with E-state index in [4.69, 9.17) is 9.72 Å². The average molecular weight is 400 g/mol. The number of ketones is 1. The van der Waals surface area contributed by atoms with Crippen LogP contribution >= 0.6 is 0 Å². The lowest BCUT2D eigenvalue weighted by Crippen LogP contribution is -2.31. The van der Waals surface area contributed by atoms with Gasteiger partial charge < -0.3 is 20.0 Å². The Morgan fingerprint density at radius 3 is 2.67 bits per heavy atom. The van der Waals surface area contributed by atoms with Crippen LogP contribution in [-0.2, 0) is 0 Å². The van der Waals surface area contributed by atoms with E-state index in [2.05, 4.69) is 15.3 Å². The number of Topliss-reactive ketones (excluding diaryl/α,β-unsaturated/α-hetero) is 1. The second kappa shape index (κ2) is 7.46. The van der Waals surface area contributed by atoms with Crippen molar-refractivity contribution < 1.29 is 9.53 Å². The Bertz CT molecular complexity index is 1220. The lowest BCUT2D eigenvalue weighted by atomic mass is 10.0. The van der Waals surface area contributed by atoms with E-state index in [1.165, 1.54) is 0 Å². The SMILES string of the molecule is Cc1[nH]c(C(=O)C2CCCN2)c(C)c1-c1nc2ccc(Oc3ccccc3)cc2[nH]1. The van der Waals surface area contributed by atoms with Gasteiger partial charge in [-0.15, -0.1) is 0 Å². The number of H-pyrrole nitrogens is 2. The smallest absolute Gasteiger partial charge is 0.196 e. The Labute approximate surface area is 174 Å². The first-order valence-corrected chi connectivity index (χ1v) is 10.3. The number of rotatable bonds is 5. The van der Waals surface area contributed by atoms with E-state index in [-0.39, 0.29) is 11.8 Å². The van der Waals surface area contributed by atoms with Crippen molar-refractivity contribution in [2.75, 3.05) is 6.54 Å². The fourth-order valence-corrected chi connectivity index (χ4v) is 4.23. The molecule has 1 atom stereocenters. The van der Waals surface area contributed by atoms with Gasteiger partial charge in [-0.1, -0.05) is 18.2 Å². The van der Waals surface area contributed by atoms with Gasteiger partial charge >= 0.3 is 0 Å². The molecule has 0 bridgehead atoms. The molecule has 1 fully saturated rings. The molecule has 0 spiro atoms. The number of hydrogen-bond donors (Lipinski definition) is 3. The lowest BCUT2D eigenvalue weighted by Gasteiger charge is -2.08. The molecule has 1 aliphatic heterocycles. The number of hydrogen-bond acceptors (Lipinski definition) is 4. The van der Waals surface area contributed by atoms with Gasteiger partial charge in [0.25, 0.3) is 0 Å². The molecule has 3 heterocycles. The zero-order chi connectivity index (χ0) is 20.7. The third kappa shape index (κ3) is 3.29. The molecule has 1 unspecified atom stereocenters. The topological polar surface area (TPSA) is 82.8 Å². The molecule has 6 nitrogen and oxygen atoms in total. The maximum absolute atomic E-state index is 12.9. The summed E-state index contributed by atoms with van der Waals surface area (Å²) >= 11 is 0. The zero-order valence-corrected chi connectivity index (χ0v) is 17.1. The Morgan fingerprint density at radius 1 is 1.07 bits per heavy atom. The van der Waals surface area contributed by atoms with Crippen molar-refractivity contribution in [2.24, 2.45) is 0 Å². The molecule has 30 heavy (non-hydrogen) atoms. The van der Waals surface area contributed by atoms with Gasteiger partial charge in [0.05, 0.1) is 22.8 Å². The highest BCUT2D eigenvalue weighted by atomic mass is 16.5. The summed E-state index contributed by atoms with van der Waals surface area (Å²) in [5.74, 6) is 2.42. The fourth-order valence-electron chi connectivity index (χ4n) is 4.23. The molecule has 0 saturated carbocycles. The number of ether oxygens (including phenoxy) is 1. The average Bonchev–Trinajstić information content (AvgIpc) is 3.47. The minimum atomic E-state index is -0.0945. The summed E-state index contributed by atoms with van der Waals surface area (Å²) in [6, 6.07) is 15.4. The van der Waals surface area contributed by atoms with E-state index in [1.807, 2.05) is 62.4 Å². The largest absolute Gasteiger partial charge is 0.457 e. The molecule has 1 aliphatic rings. The first-order chi connectivity index (χ1) is 14.6. The predicted octanol–water partition coefficient (Wildman–Crippen LogP) is 4.90. The number of nitrogens with zero attached hydrogens (tertiary/aromatic N) is 1. The van der Waals surface area contributed by atoms with E-state index in [1.54, 1.807) is 0 Å². The van der Waals surface area contributed by atoms with Crippen LogP contribution in [0.15, 0.2) is 48.5 Å². The Morgan fingerprint density at radius 2 is 1.90 bits per heavy atom. The number of fused-ring (bicyclic) bond motifs is 1. The standard InChI is InChI=1S/C24H24N4O2/c1-14-21(15(2)26-22(14)23(29)19-9-6-12-25-19)24-27-18-11-10-17(13-20(18)28-24)30-16-7-4-3-5-8-16/h3-5,7-8,10-11,13,19,25-26H,6,9,12H2,1-2H3,(H,27,28). The molecular formula is C24H24N4O2. The summed E-state index contributed by atoms with van der Waals surface area (Å²) in [5.41, 5.74) is 5.26. The highest BCUT2D eigenvalue weighted by Gasteiger charge is 2.28. The normalized spacial score (nSPS) is 16.3. The van der Waals surface area contributed by atoms with Gasteiger partial charge in [0.2, 0.25) is 0 Å². The fraction of sp³-hybridized carbons (Fsp3) is 0.250. The van der Waals surface area contributed by atoms with Crippen molar-refractivity contribution in [3.8, 4) is 22.9 Å². The van der Waals surface area contributed by atoms with Crippen molar-refractivity contribution in [1.82, 2.24) is 20.3 Å². The van der Waals surface area contributed by atoms with E-state index in [0.29, 0.717) is 5.69 Å². The number of benzene rings is 2. The quantitative estimate of drug-likeness (QED) is 0.416. The van der Waals surface area contributed by atoms with Crippen molar-refractivity contribution >= 4 is 16.8 Å². The lowest BCUT2D eigenvalue weighted by molar-refractivity contribution is 0.0947. The van der Waals surface area contributed by atoms with Crippen LogP contribution < -0.4 is 10.1 Å². The Kier molecular flexibility index (Phi) is 4.64. The van der Waals surface area contributed by atoms with Gasteiger partial charge in [-0.3, -0.25) is 4.79 Å². The van der Waals surface area contributed by atoms with Crippen molar-refractivity contribution in [1.29, 1.82) is 0 Å². The van der Waals surface area contributed by atoms with Gasteiger partial charge in [0, 0.05) is 17.3 Å².